The van der Waals surface area contributed by atoms with E-state index < -0.39 is 46.7 Å². The van der Waals surface area contributed by atoms with Crippen molar-refractivity contribution >= 4 is 35.1 Å². The summed E-state index contributed by atoms with van der Waals surface area (Å²) in [6.45, 7) is 7.68. The molecule has 1 saturated heterocycles. The van der Waals surface area contributed by atoms with Gasteiger partial charge in [0.05, 0.1) is 18.0 Å². The molecule has 0 aromatic carbocycles. The highest BCUT2D eigenvalue weighted by molar-refractivity contribution is 8.14. The van der Waals surface area contributed by atoms with E-state index in [2.05, 4.69) is 15.0 Å². The van der Waals surface area contributed by atoms with Crippen molar-refractivity contribution in [2.24, 2.45) is 0 Å². The molecule has 36 heavy (non-hydrogen) atoms. The fourth-order valence-corrected chi connectivity index (χ4v) is 3.78. The second-order valence-corrected chi connectivity index (χ2v) is 9.65. The fourth-order valence-electron chi connectivity index (χ4n) is 2.96. The van der Waals surface area contributed by atoms with Crippen LogP contribution in [0.3, 0.4) is 0 Å². The van der Waals surface area contributed by atoms with E-state index in [1.165, 1.54) is 20.8 Å². The molecule has 1 aromatic heterocycles. The van der Waals surface area contributed by atoms with Crippen molar-refractivity contribution in [1.29, 1.82) is 0 Å². The van der Waals surface area contributed by atoms with E-state index in [1.807, 2.05) is 0 Å². The first-order valence-corrected chi connectivity index (χ1v) is 11.8. The molecular formula is C21H30N2O12S. The summed E-state index contributed by atoms with van der Waals surface area (Å²) in [7, 11) is 0. The third kappa shape index (κ3) is 9.91. The number of thioether (sulfide) groups is 1. The van der Waals surface area contributed by atoms with Gasteiger partial charge >= 0.3 is 29.2 Å². The number of esters is 2. The predicted molar refractivity (Wildman–Crippen MR) is 122 cm³/mol. The first kappa shape index (κ1) is 29.2. The van der Waals surface area contributed by atoms with Gasteiger partial charge in [-0.3, -0.25) is 9.69 Å². The van der Waals surface area contributed by atoms with Gasteiger partial charge in [0.1, 0.15) is 12.6 Å². The molecule has 1 aliphatic rings. The van der Waals surface area contributed by atoms with Crippen LogP contribution in [0.5, 0.6) is 0 Å². The predicted octanol–water partition coefficient (Wildman–Crippen LogP) is 1.18. The molecule has 14 nitrogen and oxygen atoms in total. The van der Waals surface area contributed by atoms with Gasteiger partial charge in [-0.2, -0.15) is 0 Å². The Morgan fingerprint density at radius 1 is 1.08 bits per heavy atom. The highest BCUT2D eigenvalue weighted by Gasteiger charge is 2.41. The van der Waals surface area contributed by atoms with Gasteiger partial charge in [0, 0.05) is 26.6 Å². The van der Waals surface area contributed by atoms with E-state index in [-0.39, 0.29) is 24.7 Å². The van der Waals surface area contributed by atoms with E-state index in [0.29, 0.717) is 44.6 Å². The normalized spacial score (nSPS) is 15.0. The Labute approximate surface area is 210 Å². The fraction of sp³-hybridized carbons (Fsp3) is 0.667. The largest absolute Gasteiger partial charge is 0.519 e. The third-order valence-corrected chi connectivity index (χ3v) is 5.95. The van der Waals surface area contributed by atoms with E-state index in [1.54, 1.807) is 0 Å². The number of morpholine rings is 1. The van der Waals surface area contributed by atoms with E-state index in [9.17, 15) is 24.0 Å². The molecular weight excluding hydrogens is 504 g/mol. The Balaban J connectivity index is 1.99. The summed E-state index contributed by atoms with van der Waals surface area (Å²) in [6.07, 6.45) is -1.07. The molecule has 1 aliphatic heterocycles. The molecule has 0 saturated carbocycles. The highest BCUT2D eigenvalue weighted by atomic mass is 32.2. The van der Waals surface area contributed by atoms with Crippen molar-refractivity contribution in [3.63, 3.8) is 0 Å². The van der Waals surface area contributed by atoms with Crippen LogP contribution in [0.1, 0.15) is 32.3 Å². The Morgan fingerprint density at radius 3 is 2.39 bits per heavy atom. The van der Waals surface area contributed by atoms with Crippen LogP contribution in [0.15, 0.2) is 13.6 Å². The molecule has 1 aromatic rings. The molecule has 15 heteroatoms. The second-order valence-electron chi connectivity index (χ2n) is 8.06. The average molecular weight is 535 g/mol. The first-order chi connectivity index (χ1) is 17.0. The molecule has 0 unspecified atom stereocenters. The molecule has 1 atom stereocenters. The molecule has 2 heterocycles. The van der Waals surface area contributed by atoms with Crippen molar-refractivity contribution < 1.29 is 51.7 Å². The van der Waals surface area contributed by atoms with Gasteiger partial charge < -0.3 is 37.8 Å². The van der Waals surface area contributed by atoms with E-state index >= 15 is 0 Å². The topological polar surface area (TPSA) is 173 Å². The summed E-state index contributed by atoms with van der Waals surface area (Å²) in [5.41, 5.74) is 0. The smallest absolute Gasteiger partial charge is 0.463 e. The summed E-state index contributed by atoms with van der Waals surface area (Å²) in [5, 5.41) is 1.53. The van der Waals surface area contributed by atoms with Gasteiger partial charge in [-0.1, -0.05) is 0 Å². The molecule has 1 amide bonds. The van der Waals surface area contributed by atoms with Crippen LogP contribution in [0.25, 0.3) is 0 Å². The highest BCUT2D eigenvalue weighted by Crippen LogP contribution is 2.31. The molecule has 2 rings (SSSR count). The summed E-state index contributed by atoms with van der Waals surface area (Å²) < 4.78 is 33.3. The van der Waals surface area contributed by atoms with Crippen molar-refractivity contribution in [2.45, 2.75) is 45.1 Å². The lowest BCUT2D eigenvalue weighted by atomic mass is 10.0. The lowest BCUT2D eigenvalue weighted by Gasteiger charge is -2.31. The number of hydrogen-bond donors (Lipinski definition) is 1. The summed E-state index contributed by atoms with van der Waals surface area (Å²) in [5.74, 6) is -2.20. The first-order valence-electron chi connectivity index (χ1n) is 11.0. The number of ether oxygens (including phenoxy) is 5. The van der Waals surface area contributed by atoms with Crippen LogP contribution in [-0.2, 0) is 39.9 Å². The summed E-state index contributed by atoms with van der Waals surface area (Å²) in [6, 6.07) is -1.35. The quantitative estimate of drug-likeness (QED) is 0.243. The Morgan fingerprint density at radius 2 is 1.78 bits per heavy atom. The molecule has 0 spiro atoms. The SMILES string of the molecule is CC(=O)OCOC(=O)N[C@@H](C(=O)OCCN1CCOCC1)C(C)(C)SC(=O)OCc1oc(=O)oc1C. The number of carbonyl (C=O) groups is 4. The van der Waals surface area contributed by atoms with Crippen LogP contribution < -0.4 is 11.1 Å². The van der Waals surface area contributed by atoms with Gasteiger partial charge in [-0.25, -0.2) is 19.2 Å². The average Bonchev–Trinajstić information content (AvgIpc) is 3.12. The van der Waals surface area contributed by atoms with Gasteiger partial charge in [0.2, 0.25) is 6.79 Å². The van der Waals surface area contributed by atoms with Crippen molar-refractivity contribution in [3.05, 3.63) is 22.1 Å². The van der Waals surface area contributed by atoms with E-state index in [4.69, 9.17) is 27.8 Å². The minimum atomic E-state index is -1.35. The zero-order chi connectivity index (χ0) is 26.7. The van der Waals surface area contributed by atoms with Crippen molar-refractivity contribution in [1.82, 2.24) is 10.2 Å². The standard InChI is InChI=1S/C21H30N2O12S/c1-13-15(35-19(27)34-13)11-31-20(28)36-21(3,4)16(22-18(26)33-12-32-14(2)24)17(25)30-10-7-23-5-8-29-9-6-23/h16H,5-12H2,1-4H3,(H,22,26)/t16-/m0/s1. The number of aryl methyl sites for hydroxylation is 1. The lowest BCUT2D eigenvalue weighted by Crippen LogP contribution is -2.54. The van der Waals surface area contributed by atoms with E-state index in [0.717, 1.165) is 6.92 Å². The molecule has 1 fully saturated rings. The Bertz CT molecular complexity index is 966. The Kier molecular flexibility index (Phi) is 11.3. The molecule has 0 aliphatic carbocycles. The van der Waals surface area contributed by atoms with Gasteiger partial charge in [-0.05, 0) is 32.5 Å². The molecule has 0 radical (unpaired) electrons. The third-order valence-electron chi connectivity index (χ3n) is 4.90. The monoisotopic (exact) mass is 534 g/mol. The number of nitrogens with one attached hydrogen (secondary N) is 1. The zero-order valence-corrected chi connectivity index (χ0v) is 21.3. The van der Waals surface area contributed by atoms with Crippen LogP contribution in [0.4, 0.5) is 9.59 Å². The molecule has 1 N–H and O–H groups in total. The number of alkyl carbamates (subject to hydrolysis) is 1. The minimum Gasteiger partial charge on any atom is -0.463 e. The number of carbonyl (C=O) groups excluding carboxylic acids is 4. The van der Waals surface area contributed by atoms with Gasteiger partial charge in [0.15, 0.2) is 18.1 Å². The number of nitrogens with zero attached hydrogens (tertiary/aromatic N) is 1. The second kappa shape index (κ2) is 13.9. The summed E-state index contributed by atoms with van der Waals surface area (Å²) >= 11 is 0.608. The Hall–Kier alpha value is -3.04. The van der Waals surface area contributed by atoms with Crippen LogP contribution in [0.2, 0.25) is 0 Å². The molecule has 0 bridgehead atoms. The number of amides is 1. The molecule has 202 valence electrons. The summed E-state index contributed by atoms with van der Waals surface area (Å²) in [4.78, 5) is 61.6. The maximum absolute atomic E-state index is 12.9. The maximum atomic E-state index is 12.9. The minimum absolute atomic E-state index is 0.0398. The van der Waals surface area contributed by atoms with Crippen molar-refractivity contribution in [3.8, 4) is 0 Å². The van der Waals surface area contributed by atoms with Gasteiger partial charge in [0.25, 0.3) is 0 Å². The van der Waals surface area contributed by atoms with Crippen LogP contribution in [-0.4, -0.2) is 85.3 Å². The van der Waals surface area contributed by atoms with Gasteiger partial charge in [-0.15, -0.1) is 0 Å². The maximum Gasteiger partial charge on any atom is 0.519 e. The van der Waals surface area contributed by atoms with Crippen LogP contribution in [0, 0.1) is 6.92 Å². The number of rotatable bonds is 11. The zero-order valence-electron chi connectivity index (χ0n) is 20.5. The van der Waals surface area contributed by atoms with Crippen molar-refractivity contribution in [2.75, 3.05) is 46.2 Å². The number of hydrogen-bond acceptors (Lipinski definition) is 14. The van der Waals surface area contributed by atoms with Crippen LogP contribution >= 0.6 is 11.8 Å². The lowest BCUT2D eigenvalue weighted by molar-refractivity contribution is -0.151.